The van der Waals surface area contributed by atoms with Crippen molar-refractivity contribution in [3.8, 4) is 0 Å². The fourth-order valence-corrected chi connectivity index (χ4v) is 1.78. The average Bonchev–Trinajstić information content (AvgIpc) is 2.60. The van der Waals surface area contributed by atoms with Crippen LogP contribution in [0.2, 0.25) is 0 Å². The van der Waals surface area contributed by atoms with Gasteiger partial charge in [0.2, 0.25) is 0 Å². The van der Waals surface area contributed by atoms with Crippen molar-refractivity contribution in [1.82, 2.24) is 0 Å². The molecule has 0 saturated heterocycles. The average molecular weight is 269 g/mol. The lowest BCUT2D eigenvalue weighted by molar-refractivity contribution is 0.370. The highest BCUT2D eigenvalue weighted by molar-refractivity contribution is 9.08. The molecule has 0 fully saturated rings. The first-order chi connectivity index (χ1) is 7.29. The van der Waals surface area contributed by atoms with Gasteiger partial charge in [-0.15, -0.1) is 0 Å². The summed E-state index contributed by atoms with van der Waals surface area (Å²) in [6.07, 6.45) is 0.577. The first kappa shape index (κ1) is 10.2. The SMILES string of the molecule is O=c1oc(CBr)c(Cc2ccccc2)o1. The Morgan fingerprint density at radius 3 is 2.40 bits per heavy atom. The highest BCUT2D eigenvalue weighted by atomic mass is 79.9. The van der Waals surface area contributed by atoms with E-state index in [1.807, 2.05) is 30.3 Å². The minimum Gasteiger partial charge on any atom is -0.395 e. The van der Waals surface area contributed by atoms with Gasteiger partial charge in [0.25, 0.3) is 0 Å². The predicted octanol–water partition coefficient (Wildman–Crippen LogP) is 2.72. The lowest BCUT2D eigenvalue weighted by Crippen LogP contribution is -1.89. The van der Waals surface area contributed by atoms with Crippen molar-refractivity contribution < 1.29 is 8.83 Å². The quantitative estimate of drug-likeness (QED) is 0.804. The Labute approximate surface area is 94.8 Å². The predicted molar refractivity (Wildman–Crippen MR) is 59.1 cm³/mol. The zero-order valence-electron chi connectivity index (χ0n) is 7.90. The Bertz CT molecular complexity index is 484. The van der Waals surface area contributed by atoms with E-state index in [9.17, 15) is 4.79 Å². The smallest absolute Gasteiger partial charge is 0.395 e. The van der Waals surface area contributed by atoms with Gasteiger partial charge in [0, 0.05) is 6.42 Å². The van der Waals surface area contributed by atoms with E-state index in [1.165, 1.54) is 0 Å². The first-order valence-electron chi connectivity index (χ1n) is 4.51. The highest BCUT2D eigenvalue weighted by Crippen LogP contribution is 2.15. The van der Waals surface area contributed by atoms with Crippen molar-refractivity contribution in [3.63, 3.8) is 0 Å². The summed E-state index contributed by atoms with van der Waals surface area (Å²) in [5.41, 5.74) is 1.09. The summed E-state index contributed by atoms with van der Waals surface area (Å²) >= 11 is 3.24. The Morgan fingerprint density at radius 1 is 1.07 bits per heavy atom. The van der Waals surface area contributed by atoms with Gasteiger partial charge in [-0.1, -0.05) is 46.3 Å². The van der Waals surface area contributed by atoms with Gasteiger partial charge < -0.3 is 8.83 Å². The molecule has 78 valence electrons. The molecule has 1 aromatic heterocycles. The third-order valence-corrected chi connectivity index (χ3v) is 2.56. The van der Waals surface area contributed by atoms with E-state index >= 15 is 0 Å². The zero-order valence-corrected chi connectivity index (χ0v) is 9.49. The summed E-state index contributed by atoms with van der Waals surface area (Å²) in [7, 11) is 0. The van der Waals surface area contributed by atoms with Crippen LogP contribution in [0, 0.1) is 0 Å². The fraction of sp³-hybridized carbons (Fsp3) is 0.182. The third-order valence-electron chi connectivity index (χ3n) is 2.05. The maximum Gasteiger partial charge on any atom is 0.519 e. The van der Waals surface area contributed by atoms with E-state index in [0.29, 0.717) is 23.3 Å². The van der Waals surface area contributed by atoms with Gasteiger partial charge >= 0.3 is 5.82 Å². The molecule has 0 spiro atoms. The Hall–Kier alpha value is -1.29. The maximum absolute atomic E-state index is 10.9. The number of halogens is 1. The Morgan fingerprint density at radius 2 is 1.73 bits per heavy atom. The molecule has 2 rings (SSSR count). The van der Waals surface area contributed by atoms with Crippen molar-refractivity contribution in [2.75, 3.05) is 0 Å². The Kier molecular flexibility index (Phi) is 3.06. The molecule has 15 heavy (non-hydrogen) atoms. The van der Waals surface area contributed by atoms with Gasteiger partial charge in [0.1, 0.15) is 0 Å². The number of benzene rings is 1. The van der Waals surface area contributed by atoms with Crippen LogP contribution < -0.4 is 5.82 Å². The molecule has 0 saturated carbocycles. The molecule has 3 nitrogen and oxygen atoms in total. The molecular formula is C11H9BrO3. The molecule has 2 aromatic rings. The number of alkyl halides is 1. The second-order valence-corrected chi connectivity index (χ2v) is 3.66. The zero-order chi connectivity index (χ0) is 10.7. The van der Waals surface area contributed by atoms with Gasteiger partial charge in [-0.2, -0.15) is 0 Å². The van der Waals surface area contributed by atoms with E-state index in [0.717, 1.165) is 5.56 Å². The molecule has 0 unspecified atom stereocenters. The van der Waals surface area contributed by atoms with Gasteiger partial charge in [-0.05, 0) is 5.56 Å². The van der Waals surface area contributed by atoms with Gasteiger partial charge in [-0.3, -0.25) is 0 Å². The summed E-state index contributed by atoms with van der Waals surface area (Å²) in [5.74, 6) is 0.502. The molecule has 1 heterocycles. The minimum absolute atomic E-state index is 0.487. The van der Waals surface area contributed by atoms with E-state index in [1.54, 1.807) is 0 Å². The summed E-state index contributed by atoms with van der Waals surface area (Å²) < 4.78 is 9.82. The second kappa shape index (κ2) is 4.49. The molecule has 0 aliphatic rings. The number of rotatable bonds is 3. The summed E-state index contributed by atoms with van der Waals surface area (Å²) in [4.78, 5) is 10.9. The van der Waals surface area contributed by atoms with Gasteiger partial charge in [0.05, 0.1) is 5.33 Å². The van der Waals surface area contributed by atoms with Crippen molar-refractivity contribution >= 4 is 15.9 Å². The van der Waals surface area contributed by atoms with Crippen LogP contribution >= 0.6 is 15.9 Å². The number of hydrogen-bond donors (Lipinski definition) is 0. The lowest BCUT2D eigenvalue weighted by Gasteiger charge is -1.97. The number of hydrogen-bond acceptors (Lipinski definition) is 3. The molecule has 0 bridgehead atoms. The standard InChI is InChI=1S/C11H9BrO3/c12-7-10-9(14-11(13)15-10)6-8-4-2-1-3-5-8/h1-5H,6-7H2. The molecule has 0 N–H and O–H groups in total. The van der Waals surface area contributed by atoms with Crippen LogP contribution in [-0.2, 0) is 11.8 Å². The van der Waals surface area contributed by atoms with Crippen molar-refractivity contribution in [1.29, 1.82) is 0 Å². The lowest BCUT2D eigenvalue weighted by atomic mass is 10.1. The summed E-state index contributed by atoms with van der Waals surface area (Å²) in [6.45, 7) is 0. The highest BCUT2D eigenvalue weighted by Gasteiger charge is 2.11. The second-order valence-electron chi connectivity index (χ2n) is 3.10. The van der Waals surface area contributed by atoms with E-state index < -0.39 is 5.82 Å². The van der Waals surface area contributed by atoms with E-state index in [-0.39, 0.29) is 0 Å². The van der Waals surface area contributed by atoms with Gasteiger partial charge in [0.15, 0.2) is 11.5 Å². The monoisotopic (exact) mass is 268 g/mol. The Balaban J connectivity index is 2.28. The fourth-order valence-electron chi connectivity index (χ4n) is 1.35. The van der Waals surface area contributed by atoms with Crippen LogP contribution in [0.3, 0.4) is 0 Å². The molecule has 0 aliphatic carbocycles. The third kappa shape index (κ3) is 2.39. The molecule has 4 heteroatoms. The first-order valence-corrected chi connectivity index (χ1v) is 5.63. The largest absolute Gasteiger partial charge is 0.519 e. The molecule has 0 aliphatic heterocycles. The molecule has 0 amide bonds. The van der Waals surface area contributed by atoms with Crippen LogP contribution in [0.1, 0.15) is 17.1 Å². The van der Waals surface area contributed by atoms with Gasteiger partial charge in [-0.25, -0.2) is 4.79 Å². The molecule has 0 atom stereocenters. The molecule has 0 radical (unpaired) electrons. The van der Waals surface area contributed by atoms with Crippen LogP contribution in [0.4, 0.5) is 0 Å². The van der Waals surface area contributed by atoms with E-state index in [2.05, 4.69) is 15.9 Å². The normalized spacial score (nSPS) is 10.5. The van der Waals surface area contributed by atoms with Crippen LogP contribution in [0.25, 0.3) is 0 Å². The summed E-state index contributed by atoms with van der Waals surface area (Å²) in [6, 6.07) is 9.79. The topological polar surface area (TPSA) is 43.4 Å². The van der Waals surface area contributed by atoms with Crippen LogP contribution in [0.5, 0.6) is 0 Å². The van der Waals surface area contributed by atoms with Crippen LogP contribution in [-0.4, -0.2) is 0 Å². The van der Waals surface area contributed by atoms with Crippen molar-refractivity contribution in [3.05, 3.63) is 58.0 Å². The maximum atomic E-state index is 10.9. The van der Waals surface area contributed by atoms with Crippen molar-refractivity contribution in [2.24, 2.45) is 0 Å². The summed E-state index contributed by atoms with van der Waals surface area (Å²) in [5, 5.41) is 0.487. The molecular weight excluding hydrogens is 260 g/mol. The van der Waals surface area contributed by atoms with Crippen molar-refractivity contribution in [2.45, 2.75) is 11.8 Å². The van der Waals surface area contributed by atoms with Crippen LogP contribution in [0.15, 0.2) is 44.0 Å². The molecule has 1 aromatic carbocycles. The van der Waals surface area contributed by atoms with E-state index in [4.69, 9.17) is 8.83 Å². The minimum atomic E-state index is -0.643.